The molecule has 2 aromatic carbocycles. The number of ether oxygens (including phenoxy) is 2. The number of carbonyl (C=O) groups excluding carboxylic acids is 2. The standard InChI is InChI=1S/C20H21FN2O4/c1-12-4-6-16(15(21)8-12)22-20(25)13-9-19(24)23(11-13)17-7-5-14(26-2)10-18(17)27-3/h4-8,10,13H,9,11H2,1-3H3,(H,22,25). The summed E-state index contributed by atoms with van der Waals surface area (Å²) in [7, 11) is 3.04. The van der Waals surface area contributed by atoms with E-state index in [0.29, 0.717) is 17.2 Å². The highest BCUT2D eigenvalue weighted by atomic mass is 19.1. The summed E-state index contributed by atoms with van der Waals surface area (Å²) < 4.78 is 24.5. The first kappa shape index (κ1) is 18.7. The van der Waals surface area contributed by atoms with Crippen LogP contribution in [0.25, 0.3) is 0 Å². The molecule has 0 radical (unpaired) electrons. The lowest BCUT2D eigenvalue weighted by atomic mass is 10.1. The summed E-state index contributed by atoms with van der Waals surface area (Å²) >= 11 is 0. The highest BCUT2D eigenvalue weighted by Gasteiger charge is 2.36. The molecule has 0 spiro atoms. The van der Waals surface area contributed by atoms with Gasteiger partial charge in [0.2, 0.25) is 11.8 Å². The number of anilines is 2. The van der Waals surface area contributed by atoms with Crippen LogP contribution in [0.15, 0.2) is 36.4 Å². The topological polar surface area (TPSA) is 67.9 Å². The van der Waals surface area contributed by atoms with Gasteiger partial charge in [0.05, 0.1) is 31.5 Å². The number of halogens is 1. The molecule has 1 aliphatic rings. The van der Waals surface area contributed by atoms with Crippen molar-refractivity contribution in [3.63, 3.8) is 0 Å². The second-order valence-electron chi connectivity index (χ2n) is 6.42. The van der Waals surface area contributed by atoms with E-state index in [0.717, 1.165) is 5.56 Å². The Labute approximate surface area is 156 Å². The molecule has 2 amide bonds. The van der Waals surface area contributed by atoms with E-state index in [-0.39, 0.29) is 30.5 Å². The summed E-state index contributed by atoms with van der Waals surface area (Å²) in [4.78, 5) is 26.5. The number of methoxy groups -OCH3 is 2. The van der Waals surface area contributed by atoms with Crippen LogP contribution in [-0.2, 0) is 9.59 Å². The molecule has 1 atom stereocenters. The van der Waals surface area contributed by atoms with Crippen molar-refractivity contribution in [3.05, 3.63) is 47.8 Å². The number of carbonyl (C=O) groups is 2. The van der Waals surface area contributed by atoms with Crippen molar-refractivity contribution in [2.45, 2.75) is 13.3 Å². The van der Waals surface area contributed by atoms with Crippen LogP contribution in [0.5, 0.6) is 11.5 Å². The molecular formula is C20H21FN2O4. The normalized spacial score (nSPS) is 16.4. The zero-order valence-corrected chi connectivity index (χ0v) is 15.4. The zero-order chi connectivity index (χ0) is 19.6. The van der Waals surface area contributed by atoms with Gasteiger partial charge in [0, 0.05) is 19.0 Å². The number of rotatable bonds is 5. The minimum absolute atomic E-state index is 0.0501. The fraction of sp³-hybridized carbons (Fsp3) is 0.300. The Morgan fingerprint density at radius 1 is 1.19 bits per heavy atom. The lowest BCUT2D eigenvalue weighted by Gasteiger charge is -2.20. The molecule has 1 heterocycles. The molecule has 0 aliphatic carbocycles. The quantitative estimate of drug-likeness (QED) is 0.876. The van der Waals surface area contributed by atoms with Gasteiger partial charge in [-0.1, -0.05) is 6.07 Å². The maximum atomic E-state index is 14.0. The van der Waals surface area contributed by atoms with Gasteiger partial charge < -0.3 is 19.7 Å². The molecule has 0 saturated carbocycles. The third kappa shape index (κ3) is 3.86. The van der Waals surface area contributed by atoms with Crippen LogP contribution >= 0.6 is 0 Å². The predicted octanol–water partition coefficient (Wildman–Crippen LogP) is 3.14. The minimum atomic E-state index is -0.579. The first-order valence-corrected chi connectivity index (χ1v) is 8.52. The van der Waals surface area contributed by atoms with Gasteiger partial charge in [0.1, 0.15) is 17.3 Å². The SMILES string of the molecule is COc1ccc(N2CC(C(=O)Nc3ccc(C)cc3F)CC2=O)c(OC)c1. The Morgan fingerprint density at radius 3 is 2.63 bits per heavy atom. The summed E-state index contributed by atoms with van der Waals surface area (Å²) in [5.41, 5.74) is 1.44. The highest BCUT2D eigenvalue weighted by Crippen LogP contribution is 2.36. The van der Waals surface area contributed by atoms with Gasteiger partial charge in [-0.2, -0.15) is 0 Å². The largest absolute Gasteiger partial charge is 0.497 e. The number of nitrogens with one attached hydrogen (secondary N) is 1. The van der Waals surface area contributed by atoms with Crippen LogP contribution in [-0.4, -0.2) is 32.6 Å². The van der Waals surface area contributed by atoms with Gasteiger partial charge in [-0.15, -0.1) is 0 Å². The molecule has 1 N–H and O–H groups in total. The smallest absolute Gasteiger partial charge is 0.229 e. The van der Waals surface area contributed by atoms with Crippen molar-refractivity contribution in [3.8, 4) is 11.5 Å². The van der Waals surface area contributed by atoms with Gasteiger partial charge in [-0.05, 0) is 36.8 Å². The van der Waals surface area contributed by atoms with Gasteiger partial charge >= 0.3 is 0 Å². The van der Waals surface area contributed by atoms with Gasteiger partial charge in [-0.3, -0.25) is 9.59 Å². The third-order valence-electron chi connectivity index (χ3n) is 4.56. The van der Waals surface area contributed by atoms with Crippen LogP contribution in [0.1, 0.15) is 12.0 Å². The van der Waals surface area contributed by atoms with E-state index in [1.807, 2.05) is 0 Å². The number of nitrogens with zero attached hydrogens (tertiary/aromatic N) is 1. The van der Waals surface area contributed by atoms with E-state index in [2.05, 4.69) is 5.32 Å². The molecule has 1 unspecified atom stereocenters. The fourth-order valence-corrected chi connectivity index (χ4v) is 3.08. The van der Waals surface area contributed by atoms with Crippen molar-refractivity contribution in [1.29, 1.82) is 0 Å². The molecular weight excluding hydrogens is 351 g/mol. The Kier molecular flexibility index (Phi) is 5.30. The van der Waals surface area contributed by atoms with Crippen LogP contribution in [0.2, 0.25) is 0 Å². The predicted molar refractivity (Wildman–Crippen MR) is 99.8 cm³/mol. The Bertz CT molecular complexity index is 884. The zero-order valence-electron chi connectivity index (χ0n) is 15.4. The number of amides is 2. The van der Waals surface area contributed by atoms with Crippen LogP contribution < -0.4 is 19.7 Å². The van der Waals surface area contributed by atoms with E-state index in [1.165, 1.54) is 24.1 Å². The van der Waals surface area contributed by atoms with Crippen molar-refractivity contribution >= 4 is 23.2 Å². The Morgan fingerprint density at radius 2 is 1.96 bits per heavy atom. The molecule has 6 nitrogen and oxygen atoms in total. The lowest BCUT2D eigenvalue weighted by Crippen LogP contribution is -2.28. The number of hydrogen-bond acceptors (Lipinski definition) is 4. The molecule has 142 valence electrons. The molecule has 3 rings (SSSR count). The van der Waals surface area contributed by atoms with Crippen molar-refractivity contribution in [2.24, 2.45) is 5.92 Å². The third-order valence-corrected chi connectivity index (χ3v) is 4.56. The van der Waals surface area contributed by atoms with Crippen LogP contribution in [0.4, 0.5) is 15.8 Å². The van der Waals surface area contributed by atoms with E-state index >= 15 is 0 Å². The molecule has 0 bridgehead atoms. The second kappa shape index (κ2) is 7.65. The summed E-state index contributed by atoms with van der Waals surface area (Å²) in [5, 5.41) is 2.57. The van der Waals surface area contributed by atoms with E-state index < -0.39 is 11.7 Å². The van der Waals surface area contributed by atoms with Crippen molar-refractivity contribution in [1.82, 2.24) is 0 Å². The summed E-state index contributed by atoms with van der Waals surface area (Å²) in [6, 6.07) is 9.70. The number of hydrogen-bond donors (Lipinski definition) is 1. The summed E-state index contributed by atoms with van der Waals surface area (Å²) in [6.45, 7) is 1.96. The van der Waals surface area contributed by atoms with Gasteiger partial charge in [-0.25, -0.2) is 4.39 Å². The average molecular weight is 372 g/mol. The van der Waals surface area contributed by atoms with Crippen LogP contribution in [0.3, 0.4) is 0 Å². The molecule has 0 aromatic heterocycles. The van der Waals surface area contributed by atoms with Crippen molar-refractivity contribution in [2.75, 3.05) is 31.0 Å². The maximum absolute atomic E-state index is 14.0. The second-order valence-corrected chi connectivity index (χ2v) is 6.42. The van der Waals surface area contributed by atoms with Gasteiger partial charge in [0.25, 0.3) is 0 Å². The van der Waals surface area contributed by atoms with Gasteiger partial charge in [0.15, 0.2) is 0 Å². The summed E-state index contributed by atoms with van der Waals surface area (Å²) in [5.74, 6) is -0.574. The summed E-state index contributed by atoms with van der Waals surface area (Å²) in [6.07, 6.45) is 0.0501. The lowest BCUT2D eigenvalue weighted by molar-refractivity contribution is -0.122. The Balaban J connectivity index is 1.76. The monoisotopic (exact) mass is 372 g/mol. The number of benzene rings is 2. The first-order chi connectivity index (χ1) is 12.9. The van der Waals surface area contributed by atoms with Crippen molar-refractivity contribution < 1.29 is 23.5 Å². The molecule has 1 aliphatic heterocycles. The molecule has 7 heteroatoms. The van der Waals surface area contributed by atoms with E-state index in [4.69, 9.17) is 9.47 Å². The van der Waals surface area contributed by atoms with Crippen LogP contribution in [0, 0.1) is 18.7 Å². The molecule has 1 saturated heterocycles. The molecule has 1 fully saturated rings. The molecule has 2 aromatic rings. The number of aryl methyl sites for hydroxylation is 1. The fourth-order valence-electron chi connectivity index (χ4n) is 3.08. The van der Waals surface area contributed by atoms with E-state index in [1.54, 1.807) is 38.3 Å². The molecule has 27 heavy (non-hydrogen) atoms. The minimum Gasteiger partial charge on any atom is -0.497 e. The highest BCUT2D eigenvalue weighted by molar-refractivity contribution is 6.04. The Hall–Kier alpha value is -3.09. The maximum Gasteiger partial charge on any atom is 0.229 e. The average Bonchev–Trinajstić information content (AvgIpc) is 3.05. The van der Waals surface area contributed by atoms with E-state index in [9.17, 15) is 14.0 Å². The first-order valence-electron chi connectivity index (χ1n) is 8.52.